The van der Waals surface area contributed by atoms with Gasteiger partial charge in [0.2, 0.25) is 0 Å². The van der Waals surface area contributed by atoms with Crippen LogP contribution >= 0.6 is 0 Å². The van der Waals surface area contributed by atoms with Crippen molar-refractivity contribution in [3.8, 4) is 5.75 Å². The van der Waals surface area contributed by atoms with E-state index in [2.05, 4.69) is 0 Å². The molecule has 0 fully saturated rings. The number of carbonyl (C=O) groups is 2. The SMILES string of the molecule is COC(=O)C1=C(C(=O)OC)N(c2cc(C)c(S(=O)(=O)O)cc2OC)C=CC=C1. The van der Waals surface area contributed by atoms with Gasteiger partial charge < -0.3 is 19.1 Å². The zero-order chi connectivity index (χ0) is 21.1. The predicted octanol–water partition coefficient (Wildman–Crippen LogP) is 1.74. The van der Waals surface area contributed by atoms with Crippen molar-refractivity contribution in [3.05, 3.63) is 53.4 Å². The van der Waals surface area contributed by atoms with Crippen molar-refractivity contribution in [1.82, 2.24) is 0 Å². The highest BCUT2D eigenvalue weighted by atomic mass is 32.2. The van der Waals surface area contributed by atoms with Crippen LogP contribution in [0.5, 0.6) is 5.75 Å². The Balaban J connectivity index is 2.82. The minimum Gasteiger partial charge on any atom is -0.495 e. The van der Waals surface area contributed by atoms with Gasteiger partial charge in [-0.2, -0.15) is 8.42 Å². The second kappa shape index (κ2) is 8.28. The minimum atomic E-state index is -4.49. The van der Waals surface area contributed by atoms with Gasteiger partial charge in [-0.3, -0.25) is 4.55 Å². The lowest BCUT2D eigenvalue weighted by Gasteiger charge is -2.25. The molecule has 28 heavy (non-hydrogen) atoms. The lowest BCUT2D eigenvalue weighted by atomic mass is 10.1. The van der Waals surface area contributed by atoms with E-state index in [9.17, 15) is 22.6 Å². The molecule has 150 valence electrons. The normalized spacial score (nSPS) is 14.0. The van der Waals surface area contributed by atoms with E-state index in [4.69, 9.17) is 14.2 Å². The molecule has 0 saturated carbocycles. The Morgan fingerprint density at radius 3 is 2.21 bits per heavy atom. The molecule has 10 heteroatoms. The Kier molecular flexibility index (Phi) is 6.26. The zero-order valence-electron chi connectivity index (χ0n) is 15.6. The summed E-state index contributed by atoms with van der Waals surface area (Å²) in [4.78, 5) is 25.6. The summed E-state index contributed by atoms with van der Waals surface area (Å²) in [6.07, 6.45) is 5.95. The van der Waals surface area contributed by atoms with Gasteiger partial charge in [0.25, 0.3) is 10.1 Å². The maximum absolute atomic E-state index is 12.5. The van der Waals surface area contributed by atoms with Crippen LogP contribution in [0.15, 0.2) is 52.7 Å². The van der Waals surface area contributed by atoms with Gasteiger partial charge in [0.05, 0.1) is 32.6 Å². The summed E-state index contributed by atoms with van der Waals surface area (Å²) in [6.45, 7) is 1.47. The van der Waals surface area contributed by atoms with Crippen LogP contribution < -0.4 is 9.64 Å². The van der Waals surface area contributed by atoms with Crippen LogP contribution in [0, 0.1) is 6.92 Å². The molecule has 1 aromatic rings. The molecule has 0 saturated heterocycles. The first-order valence-electron chi connectivity index (χ1n) is 7.86. The molecule has 0 spiro atoms. The fourth-order valence-corrected chi connectivity index (χ4v) is 3.36. The smallest absolute Gasteiger partial charge is 0.355 e. The molecule has 1 aliphatic rings. The second-order valence-corrected chi connectivity index (χ2v) is 6.97. The summed E-state index contributed by atoms with van der Waals surface area (Å²) in [7, 11) is -0.864. The van der Waals surface area contributed by atoms with Crippen molar-refractivity contribution in [2.75, 3.05) is 26.2 Å². The van der Waals surface area contributed by atoms with Crippen LogP contribution in [-0.4, -0.2) is 46.2 Å². The number of rotatable bonds is 5. The summed E-state index contributed by atoms with van der Waals surface area (Å²) in [5.74, 6) is -1.55. The van der Waals surface area contributed by atoms with Crippen molar-refractivity contribution < 1.29 is 36.8 Å². The van der Waals surface area contributed by atoms with Gasteiger partial charge in [0.1, 0.15) is 16.3 Å². The van der Waals surface area contributed by atoms with E-state index < -0.39 is 22.1 Å². The number of hydrogen-bond donors (Lipinski definition) is 1. The maximum Gasteiger partial charge on any atom is 0.355 e. The molecule has 0 aromatic heterocycles. The molecule has 2 rings (SSSR count). The first-order chi connectivity index (χ1) is 13.1. The molecule has 0 amide bonds. The molecule has 1 aliphatic heterocycles. The van der Waals surface area contributed by atoms with Crippen LogP contribution in [0.25, 0.3) is 0 Å². The number of methoxy groups -OCH3 is 3. The van der Waals surface area contributed by atoms with Gasteiger partial charge >= 0.3 is 11.9 Å². The van der Waals surface area contributed by atoms with E-state index in [0.29, 0.717) is 0 Å². The number of ether oxygens (including phenoxy) is 3. The quantitative estimate of drug-likeness (QED) is 0.573. The molecule has 9 nitrogen and oxygen atoms in total. The Morgan fingerprint density at radius 1 is 1.04 bits per heavy atom. The Morgan fingerprint density at radius 2 is 1.68 bits per heavy atom. The average molecular weight is 409 g/mol. The van der Waals surface area contributed by atoms with Gasteiger partial charge in [-0.1, -0.05) is 6.08 Å². The Bertz CT molecular complexity index is 1000. The highest BCUT2D eigenvalue weighted by Gasteiger charge is 2.30. The highest BCUT2D eigenvalue weighted by molar-refractivity contribution is 7.85. The van der Waals surface area contributed by atoms with Crippen LogP contribution in [-0.2, 0) is 29.2 Å². The van der Waals surface area contributed by atoms with Crippen LogP contribution in [0.2, 0.25) is 0 Å². The number of benzene rings is 1. The molecule has 0 atom stereocenters. The third kappa shape index (κ3) is 4.07. The number of carbonyl (C=O) groups excluding carboxylic acids is 2. The number of nitrogens with zero attached hydrogens (tertiary/aromatic N) is 1. The predicted molar refractivity (Wildman–Crippen MR) is 99.4 cm³/mol. The van der Waals surface area contributed by atoms with E-state index in [1.54, 1.807) is 6.08 Å². The number of aryl methyl sites for hydroxylation is 1. The second-order valence-electron chi connectivity index (χ2n) is 5.58. The van der Waals surface area contributed by atoms with Gasteiger partial charge in [0, 0.05) is 12.3 Å². The van der Waals surface area contributed by atoms with Crippen LogP contribution in [0.4, 0.5) is 5.69 Å². The monoisotopic (exact) mass is 409 g/mol. The van der Waals surface area contributed by atoms with E-state index in [0.717, 1.165) is 13.2 Å². The van der Waals surface area contributed by atoms with Crippen molar-refractivity contribution in [3.63, 3.8) is 0 Å². The van der Waals surface area contributed by atoms with Crippen molar-refractivity contribution >= 4 is 27.7 Å². The molecule has 0 radical (unpaired) electrons. The summed E-state index contributed by atoms with van der Waals surface area (Å²) in [5, 5.41) is 0. The average Bonchev–Trinajstić information content (AvgIpc) is 2.88. The van der Waals surface area contributed by atoms with Gasteiger partial charge in [0.15, 0.2) is 0 Å². The van der Waals surface area contributed by atoms with Crippen LogP contribution in [0.3, 0.4) is 0 Å². The Labute approximate surface area is 162 Å². The first kappa shape index (κ1) is 21.2. The minimum absolute atomic E-state index is 0.0374. The molecule has 1 N–H and O–H groups in total. The van der Waals surface area contributed by atoms with Crippen molar-refractivity contribution in [2.24, 2.45) is 0 Å². The van der Waals surface area contributed by atoms with E-state index in [1.165, 1.54) is 50.5 Å². The highest BCUT2D eigenvalue weighted by Crippen LogP contribution is 2.37. The van der Waals surface area contributed by atoms with Crippen molar-refractivity contribution in [2.45, 2.75) is 11.8 Å². The summed E-state index contributed by atoms with van der Waals surface area (Å²) >= 11 is 0. The largest absolute Gasteiger partial charge is 0.495 e. The zero-order valence-corrected chi connectivity index (χ0v) is 16.4. The molecule has 0 bridgehead atoms. The van der Waals surface area contributed by atoms with E-state index in [-0.39, 0.29) is 33.2 Å². The third-order valence-electron chi connectivity index (χ3n) is 3.90. The molecule has 0 unspecified atom stereocenters. The molecular weight excluding hydrogens is 390 g/mol. The summed E-state index contributed by atoms with van der Waals surface area (Å²) in [5.41, 5.74) is 0.219. The van der Waals surface area contributed by atoms with E-state index in [1.807, 2.05) is 0 Å². The topological polar surface area (TPSA) is 119 Å². The molecule has 0 aliphatic carbocycles. The number of allylic oxidation sites excluding steroid dienone is 2. The summed E-state index contributed by atoms with van der Waals surface area (Å²) < 4.78 is 47.4. The lowest BCUT2D eigenvalue weighted by molar-refractivity contribution is -0.139. The number of anilines is 1. The molecule has 1 heterocycles. The maximum atomic E-state index is 12.5. The van der Waals surface area contributed by atoms with Gasteiger partial charge in [-0.25, -0.2) is 9.59 Å². The Hall–Kier alpha value is -3.11. The standard InChI is InChI=1S/C18H19NO8S/c1-11-9-13(14(25-2)10-15(11)28(22,23)24)19-8-6-5-7-12(17(20)26-3)16(19)18(21)27-4/h5-10H,1-4H3,(H,22,23,24). The fraction of sp³-hybridized carbons (Fsp3) is 0.222. The summed E-state index contributed by atoms with van der Waals surface area (Å²) in [6, 6.07) is 2.52. The fourth-order valence-electron chi connectivity index (χ4n) is 2.64. The lowest BCUT2D eigenvalue weighted by Crippen LogP contribution is -2.27. The third-order valence-corrected chi connectivity index (χ3v) is 4.90. The van der Waals surface area contributed by atoms with Gasteiger partial charge in [-0.05, 0) is 30.7 Å². The van der Waals surface area contributed by atoms with Crippen LogP contribution in [0.1, 0.15) is 5.56 Å². The first-order valence-corrected chi connectivity index (χ1v) is 9.30. The number of hydrogen-bond acceptors (Lipinski definition) is 8. The molecule has 1 aromatic carbocycles. The van der Waals surface area contributed by atoms with Crippen molar-refractivity contribution in [1.29, 1.82) is 0 Å². The van der Waals surface area contributed by atoms with E-state index >= 15 is 0 Å². The molecular formula is C18H19NO8S. The van der Waals surface area contributed by atoms with Gasteiger partial charge in [-0.15, -0.1) is 0 Å². The number of esters is 2.